The largest absolute Gasteiger partial charge is 0.317 e. The smallest absolute Gasteiger partial charge is 0.244 e. The molecule has 20 heavy (non-hydrogen) atoms. The van der Waals surface area contributed by atoms with Crippen molar-refractivity contribution >= 4 is 34.0 Å². The van der Waals surface area contributed by atoms with Gasteiger partial charge in [-0.2, -0.15) is 4.31 Å². The third-order valence-electron chi connectivity index (χ3n) is 3.64. The van der Waals surface area contributed by atoms with Gasteiger partial charge in [-0.1, -0.05) is 23.7 Å². The van der Waals surface area contributed by atoms with Crippen LogP contribution in [0.5, 0.6) is 0 Å². The van der Waals surface area contributed by atoms with E-state index in [1.807, 2.05) is 20.0 Å². The minimum Gasteiger partial charge on any atom is -0.317 e. The van der Waals surface area contributed by atoms with E-state index in [0.29, 0.717) is 24.2 Å². The second kappa shape index (κ2) is 7.09. The monoisotopic (exact) mass is 338 g/mol. The highest BCUT2D eigenvalue weighted by Gasteiger charge is 2.30. The molecule has 0 aliphatic carbocycles. The zero-order chi connectivity index (χ0) is 14.0. The van der Waals surface area contributed by atoms with Crippen molar-refractivity contribution in [1.82, 2.24) is 9.62 Å². The lowest BCUT2D eigenvalue weighted by atomic mass is 10.1. The zero-order valence-corrected chi connectivity index (χ0v) is 14.0. The maximum Gasteiger partial charge on any atom is 0.244 e. The number of hydrogen-bond acceptors (Lipinski definition) is 3. The molecule has 0 spiro atoms. The van der Waals surface area contributed by atoms with Crippen LogP contribution in [0.15, 0.2) is 23.1 Å². The number of aryl methyl sites for hydroxylation is 1. The normalized spacial score (nSPS) is 17.8. The molecule has 1 aliphatic rings. The lowest BCUT2D eigenvalue weighted by molar-refractivity contribution is 0.298. The molecule has 1 heterocycles. The first-order chi connectivity index (χ1) is 8.96. The van der Waals surface area contributed by atoms with Crippen molar-refractivity contribution in [1.29, 1.82) is 0 Å². The lowest BCUT2D eigenvalue weighted by Gasteiger charge is -2.31. The fraction of sp³-hybridized carbons (Fsp3) is 0.538. The topological polar surface area (TPSA) is 49.4 Å². The van der Waals surface area contributed by atoms with Gasteiger partial charge in [0.15, 0.2) is 0 Å². The maximum atomic E-state index is 12.6. The van der Waals surface area contributed by atoms with Crippen LogP contribution in [-0.4, -0.2) is 38.9 Å². The highest BCUT2D eigenvalue weighted by atomic mass is 35.5. The van der Waals surface area contributed by atoms with E-state index in [-0.39, 0.29) is 17.3 Å². The van der Waals surface area contributed by atoms with Crippen molar-refractivity contribution in [3.8, 4) is 0 Å². The third-order valence-corrected chi connectivity index (χ3v) is 6.19. The molecule has 1 aromatic rings. The predicted octanol–water partition coefficient (Wildman–Crippen LogP) is 2.44. The Hall–Kier alpha value is -0.330. The number of halogens is 2. The van der Waals surface area contributed by atoms with Gasteiger partial charge in [-0.05, 0) is 38.4 Å². The van der Waals surface area contributed by atoms with Gasteiger partial charge in [-0.15, -0.1) is 12.4 Å². The SMILES string of the molecule is CNC1CCN(S(=O)(=O)c2cccc(C)c2Cl)CC1.Cl. The van der Waals surface area contributed by atoms with E-state index < -0.39 is 10.0 Å². The Balaban J connectivity index is 0.00000200. The van der Waals surface area contributed by atoms with Crippen LogP contribution in [0.25, 0.3) is 0 Å². The van der Waals surface area contributed by atoms with E-state index in [4.69, 9.17) is 11.6 Å². The van der Waals surface area contributed by atoms with Crippen molar-refractivity contribution in [3.05, 3.63) is 28.8 Å². The zero-order valence-electron chi connectivity index (χ0n) is 11.6. The van der Waals surface area contributed by atoms with Crippen LogP contribution in [-0.2, 0) is 10.0 Å². The standard InChI is InChI=1S/C13H19ClN2O2S.ClH/c1-10-4-3-5-12(13(10)14)19(17,18)16-8-6-11(15-2)7-9-16;/h3-5,11,15H,6-9H2,1-2H3;1H. The van der Waals surface area contributed by atoms with Gasteiger partial charge in [0.05, 0.1) is 5.02 Å². The number of nitrogens with one attached hydrogen (secondary N) is 1. The minimum absolute atomic E-state index is 0. The summed E-state index contributed by atoms with van der Waals surface area (Å²) >= 11 is 6.13. The van der Waals surface area contributed by atoms with Crippen LogP contribution < -0.4 is 5.32 Å². The van der Waals surface area contributed by atoms with Gasteiger partial charge in [-0.3, -0.25) is 0 Å². The Morgan fingerprint density at radius 2 is 1.90 bits per heavy atom. The van der Waals surface area contributed by atoms with Gasteiger partial charge in [0.25, 0.3) is 0 Å². The van der Waals surface area contributed by atoms with E-state index in [0.717, 1.165) is 18.4 Å². The molecule has 1 aliphatic heterocycles. The Bertz CT molecular complexity index is 555. The van der Waals surface area contributed by atoms with Gasteiger partial charge < -0.3 is 5.32 Å². The summed E-state index contributed by atoms with van der Waals surface area (Å²) in [5, 5.41) is 3.52. The van der Waals surface area contributed by atoms with Crippen molar-refractivity contribution in [2.24, 2.45) is 0 Å². The average molecular weight is 339 g/mol. The fourth-order valence-corrected chi connectivity index (χ4v) is 4.37. The van der Waals surface area contributed by atoms with Crippen molar-refractivity contribution in [2.45, 2.75) is 30.7 Å². The molecule has 0 amide bonds. The molecule has 1 fully saturated rings. The summed E-state index contributed by atoms with van der Waals surface area (Å²) in [6.45, 7) is 2.89. The molecule has 0 radical (unpaired) electrons. The second-order valence-corrected chi connectivity index (χ2v) is 7.14. The first kappa shape index (κ1) is 17.7. The van der Waals surface area contributed by atoms with E-state index in [1.54, 1.807) is 12.1 Å². The Morgan fingerprint density at radius 1 is 1.30 bits per heavy atom. The molecular weight excluding hydrogens is 319 g/mol. The van der Waals surface area contributed by atoms with Crippen LogP contribution in [0.3, 0.4) is 0 Å². The molecule has 2 rings (SSSR count). The predicted molar refractivity (Wildman–Crippen MR) is 84.3 cm³/mol. The summed E-state index contributed by atoms with van der Waals surface area (Å²) in [7, 11) is -1.56. The number of rotatable bonds is 3. The highest BCUT2D eigenvalue weighted by Crippen LogP contribution is 2.28. The number of sulfonamides is 1. The summed E-state index contributed by atoms with van der Waals surface area (Å²) in [5.74, 6) is 0. The summed E-state index contributed by atoms with van der Waals surface area (Å²) in [6, 6.07) is 5.53. The van der Waals surface area contributed by atoms with Crippen LogP contribution in [0.1, 0.15) is 18.4 Å². The molecule has 0 saturated carbocycles. The number of piperidine rings is 1. The van der Waals surface area contributed by atoms with Crippen LogP contribution >= 0.6 is 24.0 Å². The first-order valence-electron chi connectivity index (χ1n) is 6.39. The van der Waals surface area contributed by atoms with E-state index in [1.165, 1.54) is 4.31 Å². The van der Waals surface area contributed by atoms with Gasteiger partial charge >= 0.3 is 0 Å². The maximum absolute atomic E-state index is 12.6. The first-order valence-corrected chi connectivity index (χ1v) is 8.21. The molecule has 1 saturated heterocycles. The summed E-state index contributed by atoms with van der Waals surface area (Å²) < 4.78 is 26.7. The molecular formula is C13H20Cl2N2O2S. The minimum atomic E-state index is -3.47. The third kappa shape index (κ3) is 3.46. The van der Waals surface area contributed by atoms with Gasteiger partial charge in [0.1, 0.15) is 4.90 Å². The van der Waals surface area contributed by atoms with Crippen molar-refractivity contribution in [2.75, 3.05) is 20.1 Å². The summed E-state index contributed by atoms with van der Waals surface area (Å²) in [4.78, 5) is 0.220. The molecule has 1 N–H and O–H groups in total. The van der Waals surface area contributed by atoms with Gasteiger partial charge in [0, 0.05) is 19.1 Å². The Labute approximate surface area is 132 Å². The van der Waals surface area contributed by atoms with Crippen LogP contribution in [0.2, 0.25) is 5.02 Å². The number of benzene rings is 1. The molecule has 114 valence electrons. The highest BCUT2D eigenvalue weighted by molar-refractivity contribution is 7.89. The Morgan fingerprint density at radius 3 is 2.45 bits per heavy atom. The summed E-state index contributed by atoms with van der Waals surface area (Å²) in [5.41, 5.74) is 0.785. The number of nitrogens with zero attached hydrogens (tertiary/aromatic N) is 1. The fourth-order valence-electron chi connectivity index (χ4n) is 2.34. The Kier molecular flexibility index (Phi) is 6.28. The van der Waals surface area contributed by atoms with Gasteiger partial charge in [-0.25, -0.2) is 8.42 Å². The summed E-state index contributed by atoms with van der Waals surface area (Å²) in [6.07, 6.45) is 1.67. The van der Waals surface area contributed by atoms with Crippen molar-refractivity contribution in [3.63, 3.8) is 0 Å². The molecule has 1 aromatic carbocycles. The van der Waals surface area contributed by atoms with E-state index in [9.17, 15) is 8.42 Å². The molecule has 0 bridgehead atoms. The molecule has 0 unspecified atom stereocenters. The van der Waals surface area contributed by atoms with Crippen LogP contribution in [0, 0.1) is 6.92 Å². The van der Waals surface area contributed by atoms with Crippen molar-refractivity contribution < 1.29 is 8.42 Å². The quantitative estimate of drug-likeness (QED) is 0.920. The molecule has 0 atom stereocenters. The number of hydrogen-bond donors (Lipinski definition) is 1. The van der Waals surface area contributed by atoms with Crippen LogP contribution in [0.4, 0.5) is 0 Å². The molecule has 0 aromatic heterocycles. The average Bonchev–Trinajstić information content (AvgIpc) is 2.41. The second-order valence-electron chi connectivity index (χ2n) is 4.85. The molecule has 7 heteroatoms. The van der Waals surface area contributed by atoms with Gasteiger partial charge in [0.2, 0.25) is 10.0 Å². The van der Waals surface area contributed by atoms with E-state index >= 15 is 0 Å². The lowest BCUT2D eigenvalue weighted by Crippen LogP contribution is -2.43. The van der Waals surface area contributed by atoms with E-state index in [2.05, 4.69) is 5.32 Å². The molecule has 4 nitrogen and oxygen atoms in total.